The van der Waals surface area contributed by atoms with Crippen LogP contribution in [0.1, 0.15) is 12.5 Å². The highest BCUT2D eigenvalue weighted by Gasteiger charge is 2.18. The Hall–Kier alpha value is -2.22. The number of anilines is 1. The zero-order valence-corrected chi connectivity index (χ0v) is 11.0. The number of ether oxygens (including phenoxy) is 1. The van der Waals surface area contributed by atoms with Crippen LogP contribution in [0.25, 0.3) is 0 Å². The predicted molar refractivity (Wildman–Crippen MR) is 69.5 cm³/mol. The van der Waals surface area contributed by atoms with Gasteiger partial charge in [-0.25, -0.2) is 0 Å². The minimum absolute atomic E-state index is 0.0650. The Bertz CT molecular complexity index is 478. The van der Waals surface area contributed by atoms with Crippen molar-refractivity contribution in [2.45, 2.75) is 13.0 Å². The first-order valence-corrected chi connectivity index (χ1v) is 5.56. The highest BCUT2D eigenvalue weighted by atomic mass is 16.5. The van der Waals surface area contributed by atoms with Gasteiger partial charge < -0.3 is 15.0 Å². The van der Waals surface area contributed by atoms with E-state index < -0.39 is 6.04 Å². The van der Waals surface area contributed by atoms with Crippen LogP contribution in [0.15, 0.2) is 18.2 Å². The first kappa shape index (κ1) is 13.8. The SMILES string of the molecule is COc1cccc(C#N)c1NC(C)C(=O)N(C)C. The summed E-state index contributed by atoms with van der Waals surface area (Å²) in [6, 6.07) is 6.81. The topological polar surface area (TPSA) is 65.4 Å². The van der Waals surface area contributed by atoms with E-state index in [1.165, 1.54) is 12.0 Å². The Kier molecular flexibility index (Phi) is 4.55. The molecule has 1 atom stereocenters. The summed E-state index contributed by atoms with van der Waals surface area (Å²) in [5, 5.41) is 12.1. The smallest absolute Gasteiger partial charge is 0.244 e. The molecule has 0 spiro atoms. The number of hydrogen-bond acceptors (Lipinski definition) is 4. The Morgan fingerprint density at radius 2 is 2.17 bits per heavy atom. The van der Waals surface area contributed by atoms with Crippen LogP contribution in [0.3, 0.4) is 0 Å². The zero-order valence-electron chi connectivity index (χ0n) is 11.0. The first-order chi connectivity index (χ1) is 8.51. The molecule has 1 aromatic carbocycles. The van der Waals surface area contributed by atoms with E-state index in [2.05, 4.69) is 11.4 Å². The molecule has 1 aromatic rings. The van der Waals surface area contributed by atoms with Gasteiger partial charge in [0.15, 0.2) is 0 Å². The van der Waals surface area contributed by atoms with Crippen molar-refractivity contribution in [2.24, 2.45) is 0 Å². The molecular weight excluding hydrogens is 230 g/mol. The fourth-order valence-corrected chi connectivity index (χ4v) is 1.61. The maximum absolute atomic E-state index is 11.8. The minimum atomic E-state index is -0.427. The molecule has 0 saturated heterocycles. The maximum Gasteiger partial charge on any atom is 0.244 e. The van der Waals surface area contributed by atoms with Gasteiger partial charge in [-0.05, 0) is 19.1 Å². The van der Waals surface area contributed by atoms with E-state index in [9.17, 15) is 4.79 Å². The number of rotatable bonds is 4. The van der Waals surface area contributed by atoms with E-state index in [0.717, 1.165) is 0 Å². The fraction of sp³-hybridized carbons (Fsp3) is 0.385. The molecule has 1 N–H and O–H groups in total. The second kappa shape index (κ2) is 5.92. The monoisotopic (exact) mass is 247 g/mol. The third-order valence-electron chi connectivity index (χ3n) is 2.54. The average molecular weight is 247 g/mol. The lowest BCUT2D eigenvalue weighted by molar-refractivity contribution is -0.129. The lowest BCUT2D eigenvalue weighted by Gasteiger charge is -2.20. The van der Waals surface area contributed by atoms with Crippen molar-refractivity contribution in [3.05, 3.63) is 23.8 Å². The van der Waals surface area contributed by atoms with Crippen molar-refractivity contribution in [2.75, 3.05) is 26.5 Å². The minimum Gasteiger partial charge on any atom is -0.495 e. The summed E-state index contributed by atoms with van der Waals surface area (Å²) in [7, 11) is 4.90. The summed E-state index contributed by atoms with van der Waals surface area (Å²) in [6.07, 6.45) is 0. The Morgan fingerprint density at radius 3 is 2.67 bits per heavy atom. The normalized spacial score (nSPS) is 11.3. The van der Waals surface area contributed by atoms with Gasteiger partial charge in [-0.2, -0.15) is 5.26 Å². The molecule has 0 aliphatic carbocycles. The Labute approximate surface area is 107 Å². The summed E-state index contributed by atoms with van der Waals surface area (Å²) >= 11 is 0. The zero-order chi connectivity index (χ0) is 13.7. The van der Waals surface area contributed by atoms with Crippen LogP contribution in [0.2, 0.25) is 0 Å². The predicted octanol–water partition coefficient (Wildman–Crippen LogP) is 1.46. The number of nitriles is 1. The van der Waals surface area contributed by atoms with Gasteiger partial charge in [0.25, 0.3) is 0 Å². The van der Waals surface area contributed by atoms with Gasteiger partial charge in [-0.15, -0.1) is 0 Å². The summed E-state index contributed by atoms with van der Waals surface area (Å²) in [4.78, 5) is 13.3. The van der Waals surface area contributed by atoms with Gasteiger partial charge in [0.1, 0.15) is 17.9 Å². The first-order valence-electron chi connectivity index (χ1n) is 5.56. The quantitative estimate of drug-likeness (QED) is 0.874. The highest BCUT2D eigenvalue weighted by Crippen LogP contribution is 2.28. The van der Waals surface area contributed by atoms with Gasteiger partial charge in [-0.3, -0.25) is 4.79 Å². The van der Waals surface area contributed by atoms with E-state index in [1.54, 1.807) is 39.2 Å². The number of methoxy groups -OCH3 is 1. The third kappa shape index (κ3) is 2.92. The number of amides is 1. The van der Waals surface area contributed by atoms with Crippen LogP contribution in [-0.4, -0.2) is 38.1 Å². The number of carbonyl (C=O) groups is 1. The molecule has 1 unspecified atom stereocenters. The molecule has 5 nitrogen and oxygen atoms in total. The Morgan fingerprint density at radius 1 is 1.50 bits per heavy atom. The molecule has 96 valence electrons. The van der Waals surface area contributed by atoms with Crippen LogP contribution >= 0.6 is 0 Å². The van der Waals surface area contributed by atoms with Gasteiger partial charge in [0.2, 0.25) is 5.91 Å². The van der Waals surface area contributed by atoms with Crippen molar-refractivity contribution in [1.82, 2.24) is 4.90 Å². The van der Waals surface area contributed by atoms with Crippen LogP contribution in [-0.2, 0) is 4.79 Å². The number of para-hydroxylation sites is 1. The van der Waals surface area contributed by atoms with Crippen molar-refractivity contribution in [1.29, 1.82) is 5.26 Å². The molecule has 18 heavy (non-hydrogen) atoms. The van der Waals surface area contributed by atoms with Gasteiger partial charge >= 0.3 is 0 Å². The molecule has 0 aliphatic rings. The van der Waals surface area contributed by atoms with Crippen LogP contribution in [0.5, 0.6) is 5.75 Å². The summed E-state index contributed by atoms with van der Waals surface area (Å²) < 4.78 is 5.19. The second-order valence-corrected chi connectivity index (χ2v) is 4.09. The van der Waals surface area contributed by atoms with Crippen molar-refractivity contribution in [3.8, 4) is 11.8 Å². The van der Waals surface area contributed by atoms with E-state index in [-0.39, 0.29) is 5.91 Å². The highest BCUT2D eigenvalue weighted by molar-refractivity contribution is 5.85. The lowest BCUT2D eigenvalue weighted by Crippen LogP contribution is -2.36. The average Bonchev–Trinajstić information content (AvgIpc) is 2.37. The molecular formula is C13H17N3O2. The van der Waals surface area contributed by atoms with Gasteiger partial charge in [-0.1, -0.05) is 6.07 Å². The number of carbonyl (C=O) groups excluding carboxylic acids is 1. The van der Waals surface area contributed by atoms with Crippen molar-refractivity contribution < 1.29 is 9.53 Å². The van der Waals surface area contributed by atoms with Gasteiger partial charge in [0, 0.05) is 14.1 Å². The van der Waals surface area contributed by atoms with Crippen LogP contribution in [0, 0.1) is 11.3 Å². The standard InChI is InChI=1S/C13H17N3O2/c1-9(13(17)16(2)3)15-12-10(8-14)6-5-7-11(12)18-4/h5-7,9,15H,1-4H3. The largest absolute Gasteiger partial charge is 0.495 e. The molecule has 5 heteroatoms. The van der Waals surface area contributed by atoms with E-state index in [1.807, 2.05) is 0 Å². The van der Waals surface area contributed by atoms with Crippen LogP contribution in [0.4, 0.5) is 5.69 Å². The number of nitrogens with one attached hydrogen (secondary N) is 1. The molecule has 0 bridgehead atoms. The molecule has 0 radical (unpaired) electrons. The van der Waals surface area contributed by atoms with E-state index in [4.69, 9.17) is 10.00 Å². The van der Waals surface area contributed by atoms with Crippen LogP contribution < -0.4 is 10.1 Å². The summed E-state index contributed by atoms with van der Waals surface area (Å²) in [6.45, 7) is 1.75. The molecule has 0 heterocycles. The van der Waals surface area contributed by atoms with Crippen molar-refractivity contribution >= 4 is 11.6 Å². The number of benzene rings is 1. The molecule has 1 amide bonds. The second-order valence-electron chi connectivity index (χ2n) is 4.09. The molecule has 0 aromatic heterocycles. The number of hydrogen-bond donors (Lipinski definition) is 1. The van der Waals surface area contributed by atoms with E-state index >= 15 is 0 Å². The lowest BCUT2D eigenvalue weighted by atomic mass is 10.1. The number of likely N-dealkylation sites (N-methyl/N-ethyl adjacent to an activating group) is 1. The van der Waals surface area contributed by atoms with Crippen molar-refractivity contribution in [3.63, 3.8) is 0 Å². The number of nitrogens with zero attached hydrogens (tertiary/aromatic N) is 2. The Balaban J connectivity index is 3.03. The summed E-state index contributed by atoms with van der Waals surface area (Å²) in [5.41, 5.74) is 0.998. The molecule has 0 fully saturated rings. The fourth-order valence-electron chi connectivity index (χ4n) is 1.61. The maximum atomic E-state index is 11.8. The molecule has 1 rings (SSSR count). The third-order valence-corrected chi connectivity index (χ3v) is 2.54. The molecule has 0 saturated carbocycles. The van der Waals surface area contributed by atoms with Gasteiger partial charge in [0.05, 0.1) is 18.4 Å². The molecule has 0 aliphatic heterocycles. The van der Waals surface area contributed by atoms with E-state index in [0.29, 0.717) is 17.0 Å². The summed E-state index contributed by atoms with van der Waals surface area (Å²) in [5.74, 6) is 0.484.